The molecule has 0 spiro atoms. The number of rotatable bonds is 6. The fourth-order valence-corrected chi connectivity index (χ4v) is 2.50. The number of hydrogen-bond acceptors (Lipinski definition) is 3. The van der Waals surface area contributed by atoms with Gasteiger partial charge in [-0.25, -0.2) is 5.43 Å². The maximum atomic E-state index is 11.9. The van der Waals surface area contributed by atoms with Gasteiger partial charge in [-0.3, -0.25) is 4.79 Å². The summed E-state index contributed by atoms with van der Waals surface area (Å²) >= 11 is 0. The molecule has 25 heavy (non-hydrogen) atoms. The highest BCUT2D eigenvalue weighted by atomic mass is 16.5. The highest BCUT2D eigenvalue weighted by Gasteiger charge is 2.05. The lowest BCUT2D eigenvalue weighted by Crippen LogP contribution is -2.24. The van der Waals surface area contributed by atoms with Crippen molar-refractivity contribution < 1.29 is 9.53 Å². The van der Waals surface area contributed by atoms with Crippen LogP contribution in [0.2, 0.25) is 0 Å². The van der Waals surface area contributed by atoms with Crippen LogP contribution in [-0.4, -0.2) is 23.3 Å². The number of nitrogens with zero attached hydrogens (tertiary/aromatic N) is 2. The predicted octanol–water partition coefficient (Wildman–Crippen LogP) is 3.75. The Kier molecular flexibility index (Phi) is 5.14. The van der Waals surface area contributed by atoms with E-state index >= 15 is 0 Å². The predicted molar refractivity (Wildman–Crippen MR) is 100.0 cm³/mol. The van der Waals surface area contributed by atoms with Crippen LogP contribution in [0.1, 0.15) is 25.5 Å². The van der Waals surface area contributed by atoms with Crippen molar-refractivity contribution in [2.24, 2.45) is 5.10 Å². The SMILES string of the molecule is CC(C)n1ccc(/C=N/NC(=O)COc2cccc3ccccc23)c1. The molecule has 5 nitrogen and oxygen atoms in total. The number of benzene rings is 2. The second-order valence-corrected chi connectivity index (χ2v) is 6.04. The van der Waals surface area contributed by atoms with E-state index in [0.717, 1.165) is 16.3 Å². The number of hydrazone groups is 1. The Labute approximate surface area is 146 Å². The third kappa shape index (κ3) is 4.26. The van der Waals surface area contributed by atoms with Gasteiger partial charge in [0.2, 0.25) is 0 Å². The molecule has 0 aliphatic carbocycles. The largest absolute Gasteiger partial charge is 0.483 e. The van der Waals surface area contributed by atoms with E-state index in [1.54, 1.807) is 6.21 Å². The van der Waals surface area contributed by atoms with E-state index in [1.165, 1.54) is 0 Å². The van der Waals surface area contributed by atoms with Gasteiger partial charge in [-0.2, -0.15) is 5.10 Å². The number of amides is 1. The van der Waals surface area contributed by atoms with Gasteiger partial charge in [0.1, 0.15) is 5.75 Å². The van der Waals surface area contributed by atoms with E-state index < -0.39 is 0 Å². The van der Waals surface area contributed by atoms with Crippen molar-refractivity contribution in [2.75, 3.05) is 6.61 Å². The Morgan fingerprint density at radius 2 is 2.00 bits per heavy atom. The average Bonchev–Trinajstić information content (AvgIpc) is 3.09. The Balaban J connectivity index is 1.54. The molecule has 0 aliphatic heterocycles. The highest BCUT2D eigenvalue weighted by Crippen LogP contribution is 2.24. The maximum absolute atomic E-state index is 11.9. The summed E-state index contributed by atoms with van der Waals surface area (Å²) in [5.41, 5.74) is 3.42. The Morgan fingerprint density at radius 3 is 2.80 bits per heavy atom. The van der Waals surface area contributed by atoms with Crippen molar-refractivity contribution in [3.05, 3.63) is 66.5 Å². The second-order valence-electron chi connectivity index (χ2n) is 6.04. The van der Waals surface area contributed by atoms with Crippen LogP contribution in [0, 0.1) is 0 Å². The average molecular weight is 335 g/mol. The van der Waals surface area contributed by atoms with Crippen LogP contribution in [0.15, 0.2) is 66.0 Å². The standard InChI is InChI=1S/C20H21N3O2/c1-15(2)23-11-10-16(13-23)12-21-22-20(24)14-25-19-9-5-7-17-6-3-4-8-18(17)19/h3-13,15H,14H2,1-2H3,(H,22,24)/b21-12+. The molecule has 0 atom stereocenters. The van der Waals surface area contributed by atoms with Crippen molar-refractivity contribution in [1.29, 1.82) is 0 Å². The zero-order valence-electron chi connectivity index (χ0n) is 14.3. The van der Waals surface area contributed by atoms with Gasteiger partial charge in [0.05, 0.1) is 6.21 Å². The van der Waals surface area contributed by atoms with Crippen molar-refractivity contribution in [1.82, 2.24) is 9.99 Å². The molecular formula is C20H21N3O2. The molecule has 0 saturated carbocycles. The zero-order chi connectivity index (χ0) is 17.6. The monoisotopic (exact) mass is 335 g/mol. The molecule has 1 heterocycles. The zero-order valence-corrected chi connectivity index (χ0v) is 14.3. The first-order chi connectivity index (χ1) is 12.1. The van der Waals surface area contributed by atoms with Crippen molar-refractivity contribution in [2.45, 2.75) is 19.9 Å². The maximum Gasteiger partial charge on any atom is 0.277 e. The third-order valence-electron chi connectivity index (χ3n) is 3.84. The van der Waals surface area contributed by atoms with Crippen molar-refractivity contribution in [3.63, 3.8) is 0 Å². The Morgan fingerprint density at radius 1 is 1.20 bits per heavy atom. The fraction of sp³-hybridized carbons (Fsp3) is 0.200. The lowest BCUT2D eigenvalue weighted by Gasteiger charge is -2.08. The van der Waals surface area contributed by atoms with Crippen LogP contribution in [0.5, 0.6) is 5.75 Å². The number of aromatic nitrogens is 1. The topological polar surface area (TPSA) is 55.6 Å². The quantitative estimate of drug-likeness (QED) is 0.551. The number of ether oxygens (including phenoxy) is 1. The number of carbonyl (C=O) groups excluding carboxylic acids is 1. The normalized spacial score (nSPS) is 11.3. The molecule has 2 aromatic carbocycles. The highest BCUT2D eigenvalue weighted by molar-refractivity contribution is 5.88. The number of nitrogens with one attached hydrogen (secondary N) is 1. The van der Waals surface area contributed by atoms with Gasteiger partial charge < -0.3 is 9.30 Å². The smallest absolute Gasteiger partial charge is 0.277 e. The molecule has 1 amide bonds. The van der Waals surface area contributed by atoms with E-state index in [0.29, 0.717) is 11.8 Å². The molecule has 128 valence electrons. The molecule has 1 N–H and O–H groups in total. The van der Waals surface area contributed by atoms with Crippen LogP contribution in [-0.2, 0) is 4.79 Å². The van der Waals surface area contributed by atoms with Gasteiger partial charge in [-0.15, -0.1) is 0 Å². The van der Waals surface area contributed by atoms with Gasteiger partial charge in [-0.05, 0) is 31.4 Å². The van der Waals surface area contributed by atoms with Gasteiger partial charge in [0.25, 0.3) is 5.91 Å². The summed E-state index contributed by atoms with van der Waals surface area (Å²) in [6, 6.07) is 16.0. The number of hydrogen-bond donors (Lipinski definition) is 1. The molecule has 0 fully saturated rings. The minimum absolute atomic E-state index is 0.0850. The van der Waals surface area contributed by atoms with Gasteiger partial charge in [0.15, 0.2) is 6.61 Å². The van der Waals surface area contributed by atoms with E-state index in [1.807, 2.05) is 60.9 Å². The lowest BCUT2D eigenvalue weighted by atomic mass is 10.1. The summed E-state index contributed by atoms with van der Waals surface area (Å²) in [6.45, 7) is 4.12. The third-order valence-corrected chi connectivity index (χ3v) is 3.84. The minimum Gasteiger partial charge on any atom is -0.483 e. The molecule has 0 aliphatic rings. The van der Waals surface area contributed by atoms with Crippen LogP contribution in [0.3, 0.4) is 0 Å². The summed E-state index contributed by atoms with van der Waals surface area (Å²) in [4.78, 5) is 11.9. The fourth-order valence-electron chi connectivity index (χ4n) is 2.50. The number of carbonyl (C=O) groups is 1. The molecule has 0 bridgehead atoms. The summed E-state index contributed by atoms with van der Waals surface area (Å²) in [5.74, 6) is 0.388. The Bertz CT molecular complexity index is 891. The van der Waals surface area contributed by atoms with Crippen molar-refractivity contribution in [3.8, 4) is 5.75 Å². The second kappa shape index (κ2) is 7.66. The molecule has 5 heteroatoms. The molecule has 3 rings (SSSR count). The molecule has 3 aromatic rings. The molecule has 0 radical (unpaired) electrons. The molecule has 0 saturated heterocycles. The van der Waals surface area contributed by atoms with Crippen LogP contribution < -0.4 is 10.2 Å². The summed E-state index contributed by atoms with van der Waals surface area (Å²) in [5, 5.41) is 6.03. The minimum atomic E-state index is -0.299. The van der Waals surface area contributed by atoms with Gasteiger partial charge >= 0.3 is 0 Å². The van der Waals surface area contributed by atoms with Crippen LogP contribution in [0.4, 0.5) is 0 Å². The summed E-state index contributed by atoms with van der Waals surface area (Å²) < 4.78 is 7.71. The first-order valence-electron chi connectivity index (χ1n) is 8.23. The van der Waals surface area contributed by atoms with Crippen molar-refractivity contribution >= 4 is 22.9 Å². The molecule has 0 unspecified atom stereocenters. The number of fused-ring (bicyclic) bond motifs is 1. The summed E-state index contributed by atoms with van der Waals surface area (Å²) in [7, 11) is 0. The van der Waals surface area contributed by atoms with Gasteiger partial charge in [0, 0.05) is 29.4 Å². The van der Waals surface area contributed by atoms with E-state index in [4.69, 9.17) is 4.74 Å². The van der Waals surface area contributed by atoms with E-state index in [9.17, 15) is 4.79 Å². The van der Waals surface area contributed by atoms with Crippen LogP contribution in [0.25, 0.3) is 10.8 Å². The summed E-state index contributed by atoms with van der Waals surface area (Å²) in [6.07, 6.45) is 5.58. The molecular weight excluding hydrogens is 314 g/mol. The van der Waals surface area contributed by atoms with E-state index in [-0.39, 0.29) is 12.5 Å². The van der Waals surface area contributed by atoms with Gasteiger partial charge in [-0.1, -0.05) is 36.4 Å². The first-order valence-corrected chi connectivity index (χ1v) is 8.23. The molecule has 1 aromatic heterocycles. The van der Waals surface area contributed by atoms with Crippen LogP contribution >= 0.6 is 0 Å². The Hall–Kier alpha value is -3.08. The first kappa shape index (κ1) is 16.8. The lowest BCUT2D eigenvalue weighted by molar-refractivity contribution is -0.123. The van der Waals surface area contributed by atoms with E-state index in [2.05, 4.69) is 28.9 Å².